The Bertz CT molecular complexity index is 340. The summed E-state index contributed by atoms with van der Waals surface area (Å²) in [6, 6.07) is 6.29. The van der Waals surface area contributed by atoms with Crippen LogP contribution in [0.4, 0.5) is 16.2 Å². The Morgan fingerprint density at radius 3 is 2.79 bits per heavy atom. The van der Waals surface area contributed by atoms with E-state index >= 15 is 0 Å². The van der Waals surface area contributed by atoms with E-state index in [9.17, 15) is 9.59 Å². The Labute approximate surface area is 79.4 Å². The van der Waals surface area contributed by atoms with Crippen LogP contribution in [0.15, 0.2) is 24.3 Å². The van der Waals surface area contributed by atoms with Gasteiger partial charge in [-0.2, -0.15) is 0 Å². The Morgan fingerprint density at radius 2 is 2.14 bits per heavy atom. The highest BCUT2D eigenvalue weighted by Gasteiger charge is 1.98. The van der Waals surface area contributed by atoms with Crippen LogP contribution in [-0.4, -0.2) is 17.7 Å². The number of benzene rings is 1. The molecule has 0 spiro atoms. The minimum atomic E-state index is -1.15. The van der Waals surface area contributed by atoms with Crippen LogP contribution < -0.4 is 10.8 Å². The van der Waals surface area contributed by atoms with Crippen molar-refractivity contribution < 1.29 is 19.5 Å². The second-order valence-electron chi connectivity index (χ2n) is 2.33. The van der Waals surface area contributed by atoms with Gasteiger partial charge in [-0.1, -0.05) is 6.07 Å². The summed E-state index contributed by atoms with van der Waals surface area (Å²) in [5.41, 5.74) is 3.17. The van der Waals surface area contributed by atoms with E-state index in [-0.39, 0.29) is 6.47 Å². The zero-order valence-corrected chi connectivity index (χ0v) is 7.06. The summed E-state index contributed by atoms with van der Waals surface area (Å²) in [7, 11) is 0. The fourth-order valence-electron chi connectivity index (χ4n) is 0.876. The third kappa shape index (κ3) is 3.02. The van der Waals surface area contributed by atoms with Crippen LogP contribution in [0.2, 0.25) is 0 Å². The molecule has 0 heterocycles. The molecule has 14 heavy (non-hydrogen) atoms. The van der Waals surface area contributed by atoms with Gasteiger partial charge >= 0.3 is 12.6 Å². The summed E-state index contributed by atoms with van der Waals surface area (Å²) in [5, 5.41) is 10.6. The van der Waals surface area contributed by atoms with Gasteiger partial charge in [-0.3, -0.25) is 10.1 Å². The molecule has 0 bridgehead atoms. The lowest BCUT2D eigenvalue weighted by molar-refractivity contribution is -0.126. The maximum atomic E-state index is 10.3. The van der Waals surface area contributed by atoms with Crippen molar-refractivity contribution in [2.45, 2.75) is 0 Å². The molecular formula is C8H8N2O4. The van der Waals surface area contributed by atoms with Crippen LogP contribution in [0.1, 0.15) is 0 Å². The van der Waals surface area contributed by atoms with Crippen LogP contribution in [0.25, 0.3) is 0 Å². The molecule has 0 aliphatic rings. The van der Waals surface area contributed by atoms with Crippen molar-refractivity contribution in [1.82, 2.24) is 0 Å². The molecule has 0 aromatic heterocycles. The Balaban J connectivity index is 2.68. The highest BCUT2D eigenvalue weighted by molar-refractivity contribution is 5.83. The van der Waals surface area contributed by atoms with Gasteiger partial charge in [-0.25, -0.2) is 10.3 Å². The lowest BCUT2D eigenvalue weighted by Gasteiger charge is -2.04. The smallest absolute Gasteiger partial charge is 0.409 e. The molecule has 0 fully saturated rings. The van der Waals surface area contributed by atoms with E-state index in [1.165, 1.54) is 6.07 Å². The van der Waals surface area contributed by atoms with Gasteiger partial charge in [-0.05, 0) is 18.2 Å². The summed E-state index contributed by atoms with van der Waals surface area (Å²) in [6.07, 6.45) is -1.15. The first-order valence-electron chi connectivity index (χ1n) is 3.67. The van der Waals surface area contributed by atoms with Gasteiger partial charge in [0, 0.05) is 5.69 Å². The molecule has 0 saturated carbocycles. The first-order chi connectivity index (χ1) is 6.72. The number of hydrogen-bond acceptors (Lipinski definition) is 4. The fraction of sp³-hybridized carbons (Fsp3) is 0. The number of amides is 1. The molecule has 6 heteroatoms. The standard InChI is InChI=1S/C8H8N2O4/c11-5-14-10-7-3-1-2-6(4-7)9-8(12)13/h1-5,9-10H,(H,12,13). The van der Waals surface area contributed by atoms with Crippen molar-refractivity contribution in [2.24, 2.45) is 0 Å². The van der Waals surface area contributed by atoms with Crippen molar-refractivity contribution >= 4 is 23.9 Å². The monoisotopic (exact) mass is 196 g/mol. The number of carboxylic acid groups (broad SMARTS) is 1. The molecule has 6 nitrogen and oxygen atoms in total. The molecule has 0 unspecified atom stereocenters. The van der Waals surface area contributed by atoms with Gasteiger partial charge in [-0.15, -0.1) is 0 Å². The maximum Gasteiger partial charge on any atom is 0.409 e. The predicted octanol–water partition coefficient (Wildman–Crippen LogP) is 1.28. The molecule has 1 amide bonds. The molecule has 0 aliphatic carbocycles. The second kappa shape index (κ2) is 4.70. The fourth-order valence-corrected chi connectivity index (χ4v) is 0.876. The van der Waals surface area contributed by atoms with Crippen LogP contribution in [-0.2, 0) is 9.63 Å². The third-order valence-corrected chi connectivity index (χ3v) is 1.34. The molecule has 0 aliphatic heterocycles. The van der Waals surface area contributed by atoms with Gasteiger partial charge < -0.3 is 9.94 Å². The van der Waals surface area contributed by atoms with Gasteiger partial charge in [0.2, 0.25) is 0 Å². The molecule has 0 atom stereocenters. The summed E-state index contributed by atoms with van der Waals surface area (Å²) >= 11 is 0. The zero-order valence-electron chi connectivity index (χ0n) is 7.06. The molecule has 0 saturated heterocycles. The zero-order chi connectivity index (χ0) is 10.4. The molecule has 1 aromatic carbocycles. The first kappa shape index (κ1) is 9.85. The van der Waals surface area contributed by atoms with Crippen LogP contribution in [0.3, 0.4) is 0 Å². The number of rotatable bonds is 4. The van der Waals surface area contributed by atoms with Crippen molar-refractivity contribution in [1.29, 1.82) is 0 Å². The Morgan fingerprint density at radius 1 is 1.43 bits per heavy atom. The van der Waals surface area contributed by atoms with E-state index in [0.29, 0.717) is 11.4 Å². The number of carbonyl (C=O) groups is 2. The quantitative estimate of drug-likeness (QED) is 0.498. The van der Waals surface area contributed by atoms with E-state index in [1.807, 2.05) is 0 Å². The minimum Gasteiger partial charge on any atom is -0.465 e. The van der Waals surface area contributed by atoms with E-state index in [0.717, 1.165) is 0 Å². The van der Waals surface area contributed by atoms with E-state index in [1.54, 1.807) is 18.2 Å². The van der Waals surface area contributed by atoms with E-state index in [4.69, 9.17) is 5.11 Å². The van der Waals surface area contributed by atoms with E-state index in [2.05, 4.69) is 15.6 Å². The number of anilines is 2. The second-order valence-corrected chi connectivity index (χ2v) is 2.33. The normalized spacial score (nSPS) is 8.86. The summed E-state index contributed by atoms with van der Waals surface area (Å²) in [5.74, 6) is 0. The summed E-state index contributed by atoms with van der Waals surface area (Å²) < 4.78 is 0. The van der Waals surface area contributed by atoms with E-state index < -0.39 is 6.09 Å². The molecule has 1 rings (SSSR count). The average molecular weight is 196 g/mol. The van der Waals surface area contributed by atoms with Gasteiger partial charge in [0.25, 0.3) is 0 Å². The highest BCUT2D eigenvalue weighted by atomic mass is 16.7. The lowest BCUT2D eigenvalue weighted by Crippen LogP contribution is -2.07. The van der Waals surface area contributed by atoms with Crippen molar-refractivity contribution in [2.75, 3.05) is 10.8 Å². The number of hydrogen-bond donors (Lipinski definition) is 3. The number of nitrogens with one attached hydrogen (secondary N) is 2. The van der Waals surface area contributed by atoms with Crippen molar-refractivity contribution in [3.8, 4) is 0 Å². The topological polar surface area (TPSA) is 87.7 Å². The largest absolute Gasteiger partial charge is 0.465 e. The number of carbonyl (C=O) groups excluding carboxylic acids is 1. The molecule has 0 radical (unpaired) electrons. The molecule has 74 valence electrons. The van der Waals surface area contributed by atoms with Gasteiger partial charge in [0.15, 0.2) is 0 Å². The van der Waals surface area contributed by atoms with Gasteiger partial charge in [0.05, 0.1) is 5.69 Å². The van der Waals surface area contributed by atoms with Crippen LogP contribution in [0, 0.1) is 0 Å². The predicted molar refractivity (Wildman–Crippen MR) is 48.9 cm³/mol. The summed E-state index contributed by atoms with van der Waals surface area (Å²) in [4.78, 5) is 24.4. The highest BCUT2D eigenvalue weighted by Crippen LogP contribution is 2.14. The SMILES string of the molecule is O=CONc1cccc(NC(=O)O)c1. The maximum absolute atomic E-state index is 10.3. The lowest BCUT2D eigenvalue weighted by atomic mass is 10.3. The van der Waals surface area contributed by atoms with Crippen molar-refractivity contribution in [3.05, 3.63) is 24.3 Å². The van der Waals surface area contributed by atoms with Crippen molar-refractivity contribution in [3.63, 3.8) is 0 Å². The van der Waals surface area contributed by atoms with Crippen LogP contribution in [0.5, 0.6) is 0 Å². The third-order valence-electron chi connectivity index (χ3n) is 1.34. The molecular weight excluding hydrogens is 188 g/mol. The minimum absolute atomic E-state index is 0.233. The Hall–Kier alpha value is -2.24. The Kier molecular flexibility index (Phi) is 3.31. The first-order valence-corrected chi connectivity index (χ1v) is 3.67. The molecule has 3 N–H and O–H groups in total. The van der Waals surface area contributed by atoms with Gasteiger partial charge in [0.1, 0.15) is 0 Å². The summed E-state index contributed by atoms with van der Waals surface area (Å²) in [6.45, 7) is 0.233. The van der Waals surface area contributed by atoms with Crippen LogP contribution >= 0.6 is 0 Å². The average Bonchev–Trinajstić information content (AvgIpc) is 2.14. The molecule has 1 aromatic rings.